The van der Waals surface area contributed by atoms with E-state index in [1.54, 1.807) is 6.20 Å². The van der Waals surface area contributed by atoms with E-state index in [4.69, 9.17) is 4.74 Å². The second-order valence-electron chi connectivity index (χ2n) is 7.99. The molecule has 0 radical (unpaired) electrons. The first-order valence-electron chi connectivity index (χ1n) is 11.1. The van der Waals surface area contributed by atoms with E-state index < -0.39 is 0 Å². The van der Waals surface area contributed by atoms with E-state index in [2.05, 4.69) is 78.6 Å². The molecule has 0 aliphatic carbocycles. The normalized spacial score (nSPS) is 14.5. The molecule has 1 fully saturated rings. The summed E-state index contributed by atoms with van der Waals surface area (Å²) >= 11 is 0. The SMILES string of the molecule is CN=C(NCc1ccc(Cn2ccnc2)cc1)NCc1ccccc1CN1CCOCC1.I. The lowest BCUT2D eigenvalue weighted by Gasteiger charge is -2.27. The molecule has 2 N–H and O–H groups in total. The number of hydrogen-bond acceptors (Lipinski definition) is 4. The van der Waals surface area contributed by atoms with Gasteiger partial charge in [-0.25, -0.2) is 4.98 Å². The molecule has 2 aromatic carbocycles. The van der Waals surface area contributed by atoms with Crippen molar-refractivity contribution < 1.29 is 4.74 Å². The number of halogens is 1. The summed E-state index contributed by atoms with van der Waals surface area (Å²) in [7, 11) is 1.81. The third-order valence-corrected chi connectivity index (χ3v) is 5.69. The summed E-state index contributed by atoms with van der Waals surface area (Å²) in [5.41, 5.74) is 5.12. The van der Waals surface area contributed by atoms with Gasteiger partial charge in [-0.1, -0.05) is 48.5 Å². The molecule has 4 rings (SSSR count). The topological polar surface area (TPSA) is 66.7 Å². The van der Waals surface area contributed by atoms with Crippen LogP contribution < -0.4 is 10.6 Å². The van der Waals surface area contributed by atoms with Crippen molar-refractivity contribution >= 4 is 29.9 Å². The van der Waals surface area contributed by atoms with Crippen LogP contribution in [-0.4, -0.2) is 53.8 Å². The van der Waals surface area contributed by atoms with Gasteiger partial charge in [0.15, 0.2) is 5.96 Å². The Morgan fingerprint density at radius 3 is 2.33 bits per heavy atom. The zero-order valence-electron chi connectivity index (χ0n) is 19.1. The van der Waals surface area contributed by atoms with Gasteiger partial charge in [-0.3, -0.25) is 9.89 Å². The van der Waals surface area contributed by atoms with Gasteiger partial charge in [0, 0.05) is 58.7 Å². The third-order valence-electron chi connectivity index (χ3n) is 5.69. The molecule has 176 valence electrons. The summed E-state index contributed by atoms with van der Waals surface area (Å²) < 4.78 is 7.54. The Bertz CT molecular complexity index is 984. The second kappa shape index (κ2) is 13.3. The number of rotatable bonds is 8. The van der Waals surface area contributed by atoms with Gasteiger partial charge in [-0.2, -0.15) is 0 Å². The number of morpholine rings is 1. The van der Waals surface area contributed by atoms with Gasteiger partial charge in [0.25, 0.3) is 0 Å². The zero-order valence-corrected chi connectivity index (χ0v) is 21.4. The maximum atomic E-state index is 5.47. The first kappa shape index (κ1) is 25.2. The highest BCUT2D eigenvalue weighted by Gasteiger charge is 2.12. The van der Waals surface area contributed by atoms with Crippen molar-refractivity contribution in [1.82, 2.24) is 25.1 Å². The van der Waals surface area contributed by atoms with E-state index in [-0.39, 0.29) is 24.0 Å². The van der Waals surface area contributed by atoms with E-state index in [0.29, 0.717) is 0 Å². The first-order valence-corrected chi connectivity index (χ1v) is 11.1. The van der Waals surface area contributed by atoms with Crippen molar-refractivity contribution in [2.45, 2.75) is 26.2 Å². The molecule has 0 unspecified atom stereocenters. The van der Waals surface area contributed by atoms with Crippen LogP contribution in [0.2, 0.25) is 0 Å². The van der Waals surface area contributed by atoms with Gasteiger partial charge >= 0.3 is 0 Å². The summed E-state index contributed by atoms with van der Waals surface area (Å²) in [5, 5.41) is 6.88. The van der Waals surface area contributed by atoms with Crippen LogP contribution in [0.5, 0.6) is 0 Å². The van der Waals surface area contributed by atoms with Crippen LogP contribution in [-0.2, 0) is 30.9 Å². The molecule has 0 atom stereocenters. The molecule has 0 amide bonds. The molecule has 1 aromatic heterocycles. The molecule has 33 heavy (non-hydrogen) atoms. The zero-order chi connectivity index (χ0) is 22.0. The van der Waals surface area contributed by atoms with E-state index in [1.165, 1.54) is 22.3 Å². The van der Waals surface area contributed by atoms with Gasteiger partial charge in [0.1, 0.15) is 0 Å². The monoisotopic (exact) mass is 560 g/mol. The molecule has 1 saturated heterocycles. The molecular weight excluding hydrogens is 527 g/mol. The van der Waals surface area contributed by atoms with Gasteiger partial charge in [0.2, 0.25) is 0 Å². The predicted octanol–water partition coefficient (Wildman–Crippen LogP) is 3.25. The molecule has 0 saturated carbocycles. The predicted molar refractivity (Wildman–Crippen MR) is 143 cm³/mol. The lowest BCUT2D eigenvalue weighted by atomic mass is 10.1. The van der Waals surface area contributed by atoms with E-state index in [1.807, 2.05) is 19.6 Å². The molecule has 1 aliphatic heterocycles. The molecule has 8 heteroatoms. The van der Waals surface area contributed by atoms with Crippen molar-refractivity contribution in [3.63, 3.8) is 0 Å². The number of imidazole rings is 1. The fourth-order valence-electron chi connectivity index (χ4n) is 3.82. The average Bonchev–Trinajstić information content (AvgIpc) is 3.35. The van der Waals surface area contributed by atoms with Crippen molar-refractivity contribution in [2.24, 2.45) is 4.99 Å². The number of ether oxygens (including phenoxy) is 1. The van der Waals surface area contributed by atoms with E-state index >= 15 is 0 Å². The second-order valence-corrected chi connectivity index (χ2v) is 7.99. The van der Waals surface area contributed by atoms with Gasteiger partial charge in [-0.05, 0) is 22.3 Å². The minimum Gasteiger partial charge on any atom is -0.379 e. The molecular formula is C25H33IN6O. The number of nitrogens with zero attached hydrogens (tertiary/aromatic N) is 4. The first-order chi connectivity index (χ1) is 15.8. The molecule has 3 aromatic rings. The lowest BCUT2D eigenvalue weighted by molar-refractivity contribution is 0.0341. The lowest BCUT2D eigenvalue weighted by Crippen LogP contribution is -2.37. The largest absolute Gasteiger partial charge is 0.379 e. The average molecular weight is 560 g/mol. The van der Waals surface area contributed by atoms with E-state index in [9.17, 15) is 0 Å². The Kier molecular flexibility index (Phi) is 10.2. The highest BCUT2D eigenvalue weighted by Crippen LogP contribution is 2.13. The van der Waals surface area contributed by atoms with Crippen LogP contribution in [0.1, 0.15) is 22.3 Å². The summed E-state index contributed by atoms with van der Waals surface area (Å²) in [6, 6.07) is 17.3. The van der Waals surface area contributed by atoms with Crippen LogP contribution in [0.3, 0.4) is 0 Å². The molecule has 1 aliphatic rings. The Hall–Kier alpha value is -2.43. The van der Waals surface area contributed by atoms with Gasteiger partial charge in [-0.15, -0.1) is 24.0 Å². The Balaban J connectivity index is 0.00000306. The Labute approximate surface area is 213 Å². The van der Waals surface area contributed by atoms with Crippen LogP contribution in [0, 0.1) is 0 Å². The molecule has 0 spiro atoms. The fourth-order valence-corrected chi connectivity index (χ4v) is 3.82. The quantitative estimate of drug-likeness (QED) is 0.252. The summed E-state index contributed by atoms with van der Waals surface area (Å²) in [5.74, 6) is 0.800. The molecule has 7 nitrogen and oxygen atoms in total. The molecule has 0 bridgehead atoms. The standard InChI is InChI=1S/C25H32N6O.HI/c1-26-25(28-16-21-6-8-22(9-7-21)18-31-11-10-27-20-31)29-17-23-4-2-3-5-24(23)19-30-12-14-32-15-13-30;/h2-11,20H,12-19H2,1H3,(H2,26,28,29);1H. The maximum absolute atomic E-state index is 5.47. The summed E-state index contributed by atoms with van der Waals surface area (Å²) in [6.45, 7) is 6.88. The summed E-state index contributed by atoms with van der Waals surface area (Å²) in [6.07, 6.45) is 5.62. The number of aromatic nitrogens is 2. The number of guanidine groups is 1. The minimum atomic E-state index is 0. The number of benzene rings is 2. The number of hydrogen-bond donors (Lipinski definition) is 2. The molecule has 2 heterocycles. The van der Waals surface area contributed by atoms with Crippen molar-refractivity contribution in [3.8, 4) is 0 Å². The van der Waals surface area contributed by atoms with Crippen molar-refractivity contribution in [2.75, 3.05) is 33.4 Å². The summed E-state index contributed by atoms with van der Waals surface area (Å²) in [4.78, 5) is 10.9. The van der Waals surface area contributed by atoms with Crippen LogP contribution in [0.15, 0.2) is 72.2 Å². The highest BCUT2D eigenvalue weighted by atomic mass is 127. The maximum Gasteiger partial charge on any atom is 0.191 e. The Morgan fingerprint density at radius 1 is 0.939 bits per heavy atom. The number of nitrogens with one attached hydrogen (secondary N) is 2. The number of aliphatic imine (C=N–C) groups is 1. The van der Waals surface area contributed by atoms with Gasteiger partial charge < -0.3 is 19.9 Å². The van der Waals surface area contributed by atoms with Crippen molar-refractivity contribution in [3.05, 3.63) is 89.5 Å². The Morgan fingerprint density at radius 2 is 1.64 bits per heavy atom. The third kappa shape index (κ3) is 7.83. The minimum absolute atomic E-state index is 0. The van der Waals surface area contributed by atoms with Crippen LogP contribution in [0.4, 0.5) is 0 Å². The van der Waals surface area contributed by atoms with Crippen molar-refractivity contribution in [1.29, 1.82) is 0 Å². The smallest absolute Gasteiger partial charge is 0.191 e. The van der Waals surface area contributed by atoms with Gasteiger partial charge in [0.05, 0.1) is 19.5 Å². The highest BCUT2D eigenvalue weighted by molar-refractivity contribution is 14.0. The van der Waals surface area contributed by atoms with E-state index in [0.717, 1.165) is 58.4 Å². The van der Waals surface area contributed by atoms with Crippen LogP contribution in [0.25, 0.3) is 0 Å². The van der Waals surface area contributed by atoms with Crippen LogP contribution >= 0.6 is 24.0 Å². The fraction of sp³-hybridized carbons (Fsp3) is 0.360.